The van der Waals surface area contributed by atoms with Crippen molar-refractivity contribution in [2.24, 2.45) is 5.92 Å². The van der Waals surface area contributed by atoms with E-state index in [1.807, 2.05) is 0 Å². The number of nitrogens with one attached hydrogen (secondary N) is 1. The Labute approximate surface area is 122 Å². The third-order valence-electron chi connectivity index (χ3n) is 4.05. The topological polar surface area (TPSA) is 52.7 Å². The van der Waals surface area contributed by atoms with Gasteiger partial charge in [0.1, 0.15) is 5.82 Å². The highest BCUT2D eigenvalue weighted by molar-refractivity contribution is 6.00. The molecule has 1 aromatic rings. The molecule has 5 nitrogen and oxygen atoms in total. The summed E-state index contributed by atoms with van der Waals surface area (Å²) in [5.41, 5.74) is 0.262. The van der Waals surface area contributed by atoms with Gasteiger partial charge in [0.25, 0.3) is 0 Å². The molecule has 0 bridgehead atoms. The summed E-state index contributed by atoms with van der Waals surface area (Å²) in [5.74, 6) is -0.978. The molecule has 2 fully saturated rings. The van der Waals surface area contributed by atoms with E-state index in [4.69, 9.17) is 0 Å². The minimum Gasteiger partial charge on any atom is -0.340 e. The zero-order valence-corrected chi connectivity index (χ0v) is 11.7. The Hall–Kier alpha value is -1.95. The van der Waals surface area contributed by atoms with Gasteiger partial charge in [-0.05, 0) is 12.1 Å². The van der Waals surface area contributed by atoms with Gasteiger partial charge in [-0.15, -0.1) is 0 Å². The van der Waals surface area contributed by atoms with Gasteiger partial charge in [0.05, 0.1) is 11.6 Å². The fraction of sp³-hybridized carbons (Fsp3) is 0.467. The van der Waals surface area contributed by atoms with Crippen LogP contribution in [0.1, 0.15) is 6.42 Å². The average molecular weight is 291 g/mol. The normalized spacial score (nSPS) is 22.7. The number of anilines is 1. The van der Waals surface area contributed by atoms with E-state index in [1.54, 1.807) is 23.1 Å². The van der Waals surface area contributed by atoms with Crippen LogP contribution in [0.2, 0.25) is 0 Å². The first-order valence-electron chi connectivity index (χ1n) is 7.21. The highest BCUT2D eigenvalue weighted by Crippen LogP contribution is 2.28. The van der Waals surface area contributed by atoms with Crippen molar-refractivity contribution in [3.63, 3.8) is 0 Å². The minimum atomic E-state index is -0.430. The van der Waals surface area contributed by atoms with E-state index in [2.05, 4.69) is 5.32 Å². The molecule has 112 valence electrons. The molecule has 2 aliphatic rings. The molecule has 3 rings (SSSR count). The van der Waals surface area contributed by atoms with Crippen LogP contribution in [0.25, 0.3) is 0 Å². The number of para-hydroxylation sites is 1. The lowest BCUT2D eigenvalue weighted by molar-refractivity contribution is -0.136. The van der Waals surface area contributed by atoms with Crippen molar-refractivity contribution in [1.29, 1.82) is 0 Å². The smallest absolute Gasteiger partial charge is 0.228 e. The number of carbonyl (C=O) groups is 2. The van der Waals surface area contributed by atoms with Crippen molar-refractivity contribution in [3.05, 3.63) is 30.1 Å². The highest BCUT2D eigenvalue weighted by atomic mass is 19.1. The van der Waals surface area contributed by atoms with Crippen LogP contribution in [-0.4, -0.2) is 49.4 Å². The summed E-state index contributed by atoms with van der Waals surface area (Å²) >= 11 is 0. The average Bonchev–Trinajstić information content (AvgIpc) is 2.90. The number of benzene rings is 1. The first-order valence-corrected chi connectivity index (χ1v) is 7.21. The van der Waals surface area contributed by atoms with Gasteiger partial charge in [-0.1, -0.05) is 12.1 Å². The van der Waals surface area contributed by atoms with Gasteiger partial charge in [-0.3, -0.25) is 9.59 Å². The molecule has 1 unspecified atom stereocenters. The third-order valence-corrected chi connectivity index (χ3v) is 4.05. The van der Waals surface area contributed by atoms with Gasteiger partial charge < -0.3 is 15.1 Å². The molecule has 1 N–H and O–H groups in total. The Morgan fingerprint density at radius 2 is 1.95 bits per heavy atom. The number of halogens is 1. The van der Waals surface area contributed by atoms with Crippen LogP contribution in [0.5, 0.6) is 0 Å². The van der Waals surface area contributed by atoms with Crippen molar-refractivity contribution >= 4 is 17.5 Å². The molecule has 21 heavy (non-hydrogen) atoms. The van der Waals surface area contributed by atoms with E-state index < -0.39 is 5.82 Å². The molecular formula is C15H18FN3O2. The van der Waals surface area contributed by atoms with Gasteiger partial charge >= 0.3 is 0 Å². The fourth-order valence-electron chi connectivity index (χ4n) is 2.92. The van der Waals surface area contributed by atoms with Crippen LogP contribution < -0.4 is 10.2 Å². The van der Waals surface area contributed by atoms with Crippen molar-refractivity contribution in [2.45, 2.75) is 6.42 Å². The van der Waals surface area contributed by atoms with Gasteiger partial charge in [-0.2, -0.15) is 0 Å². The van der Waals surface area contributed by atoms with E-state index in [9.17, 15) is 14.0 Å². The number of hydrogen-bond donors (Lipinski definition) is 1. The summed E-state index contributed by atoms with van der Waals surface area (Å²) in [6.45, 7) is 3.17. The predicted octanol–water partition coefficient (Wildman–Crippen LogP) is 0.610. The maximum atomic E-state index is 13.8. The number of piperazine rings is 1. The van der Waals surface area contributed by atoms with Gasteiger partial charge in [0.15, 0.2) is 0 Å². The Kier molecular flexibility index (Phi) is 3.88. The molecule has 0 saturated carbocycles. The molecule has 1 aromatic carbocycles. The van der Waals surface area contributed by atoms with Gasteiger partial charge in [-0.25, -0.2) is 4.39 Å². The Morgan fingerprint density at radius 1 is 1.24 bits per heavy atom. The number of nitrogens with zero attached hydrogens (tertiary/aromatic N) is 2. The maximum Gasteiger partial charge on any atom is 0.228 e. The molecule has 0 spiro atoms. The molecule has 0 aliphatic carbocycles. The summed E-state index contributed by atoms with van der Waals surface area (Å²) in [7, 11) is 0. The Balaban J connectivity index is 1.72. The number of hydrogen-bond acceptors (Lipinski definition) is 3. The zero-order chi connectivity index (χ0) is 14.8. The maximum absolute atomic E-state index is 13.8. The fourth-order valence-corrected chi connectivity index (χ4v) is 2.92. The van der Waals surface area contributed by atoms with Crippen molar-refractivity contribution in [1.82, 2.24) is 10.2 Å². The summed E-state index contributed by atoms with van der Waals surface area (Å²) in [6, 6.07) is 6.18. The molecule has 0 radical (unpaired) electrons. The first kappa shape index (κ1) is 14.0. The molecule has 6 heteroatoms. The monoisotopic (exact) mass is 291 g/mol. The summed E-state index contributed by atoms with van der Waals surface area (Å²) < 4.78 is 13.8. The lowest BCUT2D eigenvalue weighted by Gasteiger charge is -2.29. The lowest BCUT2D eigenvalue weighted by atomic mass is 10.1. The summed E-state index contributed by atoms with van der Waals surface area (Å²) in [5, 5.41) is 3.19. The van der Waals surface area contributed by atoms with Crippen LogP contribution in [-0.2, 0) is 9.59 Å². The quantitative estimate of drug-likeness (QED) is 0.868. The van der Waals surface area contributed by atoms with E-state index in [1.165, 1.54) is 11.0 Å². The van der Waals surface area contributed by atoms with Crippen LogP contribution in [0, 0.1) is 11.7 Å². The first-order chi connectivity index (χ1) is 10.2. The Morgan fingerprint density at radius 3 is 2.67 bits per heavy atom. The van der Waals surface area contributed by atoms with E-state index in [0.717, 1.165) is 13.1 Å². The molecule has 2 aliphatic heterocycles. The van der Waals surface area contributed by atoms with Crippen LogP contribution >= 0.6 is 0 Å². The Bertz CT molecular complexity index is 558. The van der Waals surface area contributed by atoms with Gasteiger partial charge in [0.2, 0.25) is 11.8 Å². The van der Waals surface area contributed by atoms with E-state index in [-0.39, 0.29) is 36.4 Å². The number of amides is 2. The van der Waals surface area contributed by atoms with Crippen molar-refractivity contribution in [3.8, 4) is 0 Å². The summed E-state index contributed by atoms with van der Waals surface area (Å²) in [6.07, 6.45) is 0.164. The highest BCUT2D eigenvalue weighted by Gasteiger charge is 2.38. The molecule has 0 aromatic heterocycles. The molecule has 2 heterocycles. The number of rotatable bonds is 2. The second kappa shape index (κ2) is 5.81. The second-order valence-electron chi connectivity index (χ2n) is 5.43. The molecule has 1 atom stereocenters. The SMILES string of the molecule is O=C(C1CC(=O)N(c2ccccc2F)C1)N1CCNCC1. The largest absolute Gasteiger partial charge is 0.340 e. The summed E-state index contributed by atoms with van der Waals surface area (Å²) in [4.78, 5) is 27.7. The zero-order valence-electron chi connectivity index (χ0n) is 11.7. The van der Waals surface area contributed by atoms with Crippen molar-refractivity contribution in [2.75, 3.05) is 37.6 Å². The lowest BCUT2D eigenvalue weighted by Crippen LogP contribution is -2.48. The predicted molar refractivity (Wildman–Crippen MR) is 76.3 cm³/mol. The third kappa shape index (κ3) is 2.76. The van der Waals surface area contributed by atoms with E-state index >= 15 is 0 Å². The second-order valence-corrected chi connectivity index (χ2v) is 5.43. The number of carbonyl (C=O) groups excluding carboxylic acids is 2. The van der Waals surface area contributed by atoms with Crippen LogP contribution in [0.4, 0.5) is 10.1 Å². The van der Waals surface area contributed by atoms with Crippen molar-refractivity contribution < 1.29 is 14.0 Å². The van der Waals surface area contributed by atoms with Gasteiger partial charge in [0, 0.05) is 39.1 Å². The van der Waals surface area contributed by atoms with Crippen LogP contribution in [0.15, 0.2) is 24.3 Å². The molecule has 2 amide bonds. The molecular weight excluding hydrogens is 273 g/mol. The standard InChI is InChI=1S/C15H18FN3O2/c16-12-3-1-2-4-13(12)19-10-11(9-14(19)20)15(21)18-7-5-17-6-8-18/h1-4,11,17H,5-10H2. The van der Waals surface area contributed by atoms with E-state index in [0.29, 0.717) is 13.1 Å². The minimum absolute atomic E-state index is 0.00342. The van der Waals surface area contributed by atoms with Crippen LogP contribution in [0.3, 0.4) is 0 Å². The molecule has 2 saturated heterocycles.